The van der Waals surface area contributed by atoms with Crippen molar-refractivity contribution < 1.29 is 13.5 Å². The van der Waals surface area contributed by atoms with Crippen LogP contribution in [0.1, 0.15) is 11.1 Å². The summed E-state index contributed by atoms with van der Waals surface area (Å²) in [5.41, 5.74) is 1.82. The number of aliphatic hydroxyl groups excluding tert-OH is 1. The van der Waals surface area contributed by atoms with E-state index in [-0.39, 0.29) is 11.4 Å². The summed E-state index contributed by atoms with van der Waals surface area (Å²) < 4.78 is 27.5. The van der Waals surface area contributed by atoms with E-state index in [0.717, 1.165) is 15.6 Å². The number of sulfonamides is 1. The summed E-state index contributed by atoms with van der Waals surface area (Å²) in [4.78, 5) is -0.129. The molecule has 0 aliphatic carbocycles. The summed E-state index contributed by atoms with van der Waals surface area (Å²) in [6, 6.07) is 16.5. The van der Waals surface area contributed by atoms with Crippen molar-refractivity contribution in [2.75, 3.05) is 0 Å². The molecule has 0 radical (unpaired) electrons. The zero-order valence-electron chi connectivity index (χ0n) is 13.0. The molecule has 126 valence electrons. The van der Waals surface area contributed by atoms with Crippen molar-refractivity contribution in [1.29, 1.82) is 0 Å². The Bertz CT molecular complexity index is 852. The molecule has 0 bridgehead atoms. The molecule has 6 heteroatoms. The monoisotopic (exact) mass is 407 g/mol. The number of hydrogen-bond acceptors (Lipinski definition) is 3. The van der Waals surface area contributed by atoms with Gasteiger partial charge in [-0.05, 0) is 23.6 Å². The molecular weight excluding hydrogens is 390 g/mol. The van der Waals surface area contributed by atoms with Gasteiger partial charge in [-0.1, -0.05) is 71.0 Å². The van der Waals surface area contributed by atoms with E-state index < -0.39 is 22.2 Å². The minimum absolute atomic E-state index is 0.129. The molecule has 1 N–H and O–H groups in total. The van der Waals surface area contributed by atoms with Gasteiger partial charge in [0.2, 0.25) is 10.0 Å². The van der Waals surface area contributed by atoms with Gasteiger partial charge in [0, 0.05) is 11.0 Å². The predicted molar refractivity (Wildman–Crippen MR) is 97.7 cm³/mol. The number of benzene rings is 2. The first-order valence-electron chi connectivity index (χ1n) is 7.57. The van der Waals surface area contributed by atoms with E-state index >= 15 is 0 Å². The fourth-order valence-electron chi connectivity index (χ4n) is 2.92. The van der Waals surface area contributed by atoms with Gasteiger partial charge < -0.3 is 5.11 Å². The Kier molecular flexibility index (Phi) is 4.92. The Hall–Kier alpha value is -1.47. The van der Waals surface area contributed by atoms with Crippen LogP contribution < -0.4 is 0 Å². The Balaban J connectivity index is 1.95. The predicted octanol–water partition coefficient (Wildman–Crippen LogP) is 3.08. The summed E-state index contributed by atoms with van der Waals surface area (Å²) in [6.45, 7) is 3.79. The fraction of sp³-hybridized carbons (Fsp3) is 0.222. The van der Waals surface area contributed by atoms with Crippen LogP contribution in [-0.4, -0.2) is 30.0 Å². The zero-order valence-corrected chi connectivity index (χ0v) is 15.4. The van der Waals surface area contributed by atoms with Crippen molar-refractivity contribution >= 4 is 26.0 Å². The van der Waals surface area contributed by atoms with Gasteiger partial charge in [0.05, 0.1) is 10.9 Å². The second-order valence-corrected chi connectivity index (χ2v) is 8.61. The number of rotatable bonds is 4. The minimum atomic E-state index is -3.73. The Labute approximate surface area is 150 Å². The molecule has 0 amide bonds. The van der Waals surface area contributed by atoms with E-state index in [0.29, 0.717) is 6.42 Å². The summed E-state index contributed by atoms with van der Waals surface area (Å²) in [5.74, 6) is 0. The van der Waals surface area contributed by atoms with Gasteiger partial charge in [-0.3, -0.25) is 0 Å². The molecule has 2 aromatic rings. The van der Waals surface area contributed by atoms with Crippen LogP contribution >= 0.6 is 15.9 Å². The molecular formula is C18H18BrNO3S. The molecule has 1 saturated heterocycles. The molecule has 0 saturated carbocycles. The third kappa shape index (κ3) is 3.19. The highest BCUT2D eigenvalue weighted by Gasteiger charge is 2.47. The molecule has 1 heterocycles. The van der Waals surface area contributed by atoms with Gasteiger partial charge in [0.1, 0.15) is 6.10 Å². The molecule has 3 rings (SSSR count). The normalized spacial score (nSPS) is 23.5. The van der Waals surface area contributed by atoms with Crippen LogP contribution in [0.5, 0.6) is 0 Å². The highest BCUT2D eigenvalue weighted by atomic mass is 79.9. The summed E-state index contributed by atoms with van der Waals surface area (Å²) in [6.07, 6.45) is -0.664. The lowest BCUT2D eigenvalue weighted by atomic mass is 10.0. The van der Waals surface area contributed by atoms with Crippen LogP contribution in [0.15, 0.2) is 70.6 Å². The van der Waals surface area contributed by atoms with Gasteiger partial charge in [-0.2, -0.15) is 4.31 Å². The third-order valence-corrected chi connectivity index (χ3v) is 6.97. The maximum absolute atomic E-state index is 12.7. The number of hydrogen-bond donors (Lipinski definition) is 1. The van der Waals surface area contributed by atoms with Crippen LogP contribution in [0, 0.1) is 0 Å². The standard InChI is InChI=1S/C18H18BrNO3S/c1-13-18(21)17(11-14-7-3-2-4-8-14)20(24(13,22)23)12-15-9-5-6-10-16(15)19/h2-10,17-18,21H,1,11-12H2/t17-,18+/m0/s1. The molecule has 24 heavy (non-hydrogen) atoms. The Morgan fingerprint density at radius 1 is 1.08 bits per heavy atom. The molecule has 0 unspecified atom stereocenters. The number of nitrogens with zero attached hydrogens (tertiary/aromatic N) is 1. The third-order valence-electron chi connectivity index (χ3n) is 4.28. The first-order valence-corrected chi connectivity index (χ1v) is 9.80. The molecule has 1 fully saturated rings. The average molecular weight is 408 g/mol. The van der Waals surface area contributed by atoms with Crippen LogP contribution in [-0.2, 0) is 23.0 Å². The maximum atomic E-state index is 12.7. The highest BCUT2D eigenvalue weighted by Crippen LogP contribution is 2.35. The second-order valence-electron chi connectivity index (χ2n) is 5.81. The van der Waals surface area contributed by atoms with Crippen LogP contribution in [0.4, 0.5) is 0 Å². The molecule has 0 spiro atoms. The number of aliphatic hydroxyl groups is 1. The van der Waals surface area contributed by atoms with Crippen molar-refractivity contribution in [3.05, 3.63) is 81.7 Å². The SMILES string of the molecule is C=C1[C@@H](O)[C@H](Cc2ccccc2)N(Cc2ccccc2Br)S1(=O)=O. The van der Waals surface area contributed by atoms with Gasteiger partial charge in [0.25, 0.3) is 0 Å². The van der Waals surface area contributed by atoms with Crippen molar-refractivity contribution in [3.63, 3.8) is 0 Å². The quantitative estimate of drug-likeness (QED) is 0.846. The van der Waals surface area contributed by atoms with E-state index in [1.165, 1.54) is 4.31 Å². The molecule has 4 nitrogen and oxygen atoms in total. The lowest BCUT2D eigenvalue weighted by Crippen LogP contribution is -2.38. The molecule has 1 aliphatic rings. The van der Waals surface area contributed by atoms with Crippen molar-refractivity contribution in [3.8, 4) is 0 Å². The fourth-order valence-corrected chi connectivity index (χ4v) is 4.95. The molecule has 2 atom stereocenters. The smallest absolute Gasteiger partial charge is 0.241 e. The van der Waals surface area contributed by atoms with Crippen molar-refractivity contribution in [1.82, 2.24) is 4.31 Å². The van der Waals surface area contributed by atoms with E-state index in [4.69, 9.17) is 0 Å². The van der Waals surface area contributed by atoms with E-state index in [9.17, 15) is 13.5 Å². The van der Waals surface area contributed by atoms with Gasteiger partial charge in [-0.15, -0.1) is 0 Å². The minimum Gasteiger partial charge on any atom is -0.386 e. The summed E-state index contributed by atoms with van der Waals surface area (Å²) in [5, 5.41) is 10.4. The maximum Gasteiger partial charge on any atom is 0.241 e. The van der Waals surface area contributed by atoms with Crippen LogP contribution in [0.25, 0.3) is 0 Å². The Morgan fingerprint density at radius 3 is 2.38 bits per heavy atom. The lowest BCUT2D eigenvalue weighted by Gasteiger charge is -2.24. The summed E-state index contributed by atoms with van der Waals surface area (Å²) >= 11 is 3.45. The molecule has 0 aromatic heterocycles. The lowest BCUT2D eigenvalue weighted by molar-refractivity contribution is 0.139. The van der Waals surface area contributed by atoms with E-state index in [1.807, 2.05) is 54.6 Å². The van der Waals surface area contributed by atoms with E-state index in [2.05, 4.69) is 22.5 Å². The first-order chi connectivity index (χ1) is 11.4. The molecule has 2 aromatic carbocycles. The van der Waals surface area contributed by atoms with E-state index in [1.54, 1.807) is 0 Å². The Morgan fingerprint density at radius 2 is 1.71 bits per heavy atom. The zero-order chi connectivity index (χ0) is 17.3. The largest absolute Gasteiger partial charge is 0.386 e. The highest BCUT2D eigenvalue weighted by molar-refractivity contribution is 9.10. The second kappa shape index (κ2) is 6.80. The topological polar surface area (TPSA) is 57.6 Å². The number of halogens is 1. The average Bonchev–Trinajstić information content (AvgIpc) is 2.72. The van der Waals surface area contributed by atoms with Gasteiger partial charge >= 0.3 is 0 Å². The molecule has 1 aliphatic heterocycles. The summed E-state index contributed by atoms with van der Waals surface area (Å²) in [7, 11) is -3.73. The first kappa shape index (κ1) is 17.4. The van der Waals surface area contributed by atoms with Crippen LogP contribution in [0.3, 0.4) is 0 Å². The van der Waals surface area contributed by atoms with Crippen LogP contribution in [0.2, 0.25) is 0 Å². The van der Waals surface area contributed by atoms with Gasteiger partial charge in [-0.25, -0.2) is 8.42 Å². The van der Waals surface area contributed by atoms with Crippen molar-refractivity contribution in [2.45, 2.75) is 25.1 Å². The van der Waals surface area contributed by atoms with Gasteiger partial charge in [0.15, 0.2) is 0 Å². The van der Waals surface area contributed by atoms with Crippen molar-refractivity contribution in [2.24, 2.45) is 0 Å².